The molecule has 2 rings (SSSR count). The molecule has 0 bridgehead atoms. The van der Waals surface area contributed by atoms with Crippen molar-refractivity contribution in [3.05, 3.63) is 41.0 Å². The number of para-hydroxylation sites is 1. The molecule has 21 heavy (non-hydrogen) atoms. The van der Waals surface area contributed by atoms with Crippen LogP contribution in [-0.2, 0) is 4.79 Å². The summed E-state index contributed by atoms with van der Waals surface area (Å²) in [5.41, 5.74) is 2.00. The number of carbonyl (C=O) groups excluding carboxylic acids is 1. The Balaban J connectivity index is 2.03. The third kappa shape index (κ3) is 3.76. The highest BCUT2D eigenvalue weighted by molar-refractivity contribution is 7.99. The minimum absolute atomic E-state index is 0.0342. The van der Waals surface area contributed by atoms with Crippen molar-refractivity contribution in [3.63, 3.8) is 0 Å². The van der Waals surface area contributed by atoms with Gasteiger partial charge < -0.3 is 9.88 Å². The number of imidazole rings is 1. The summed E-state index contributed by atoms with van der Waals surface area (Å²) in [5, 5.41) is 2.40. The van der Waals surface area contributed by atoms with E-state index < -0.39 is 0 Å². The Bertz CT molecular complexity index is 733. The Morgan fingerprint density at radius 2 is 2.00 bits per heavy atom. The molecule has 4 nitrogen and oxygen atoms in total. The minimum Gasteiger partial charge on any atom is -0.333 e. The Kier molecular flexibility index (Phi) is 4.85. The molecule has 1 N–H and O–H groups in total. The van der Waals surface area contributed by atoms with Gasteiger partial charge in [-0.05, 0) is 31.6 Å². The van der Waals surface area contributed by atoms with Crippen LogP contribution in [0.1, 0.15) is 13.8 Å². The normalized spacial score (nSPS) is 10.4. The molecular weight excluding hydrogens is 282 g/mol. The van der Waals surface area contributed by atoms with E-state index in [9.17, 15) is 4.79 Å². The van der Waals surface area contributed by atoms with Crippen molar-refractivity contribution >= 4 is 35.5 Å². The zero-order valence-electron chi connectivity index (χ0n) is 12.5. The van der Waals surface area contributed by atoms with Gasteiger partial charge in [-0.1, -0.05) is 36.5 Å². The summed E-state index contributed by atoms with van der Waals surface area (Å²) < 4.78 is 0. The number of nitrogens with one attached hydrogen (secondary N) is 1. The first-order valence-corrected chi connectivity index (χ1v) is 7.64. The molecule has 110 valence electrons. The molecule has 5 heteroatoms. The molecule has 0 fully saturated rings. The lowest BCUT2D eigenvalue weighted by Crippen LogP contribution is -2.27. The van der Waals surface area contributed by atoms with E-state index >= 15 is 0 Å². The van der Waals surface area contributed by atoms with E-state index in [0.29, 0.717) is 5.75 Å². The smallest absolute Gasteiger partial charge is 0.237 e. The van der Waals surface area contributed by atoms with Crippen LogP contribution >= 0.6 is 11.8 Å². The maximum Gasteiger partial charge on any atom is 0.237 e. The Morgan fingerprint density at radius 1 is 1.33 bits per heavy atom. The van der Waals surface area contributed by atoms with Gasteiger partial charge in [-0.15, -0.1) is 0 Å². The van der Waals surface area contributed by atoms with E-state index in [0.717, 1.165) is 27.1 Å². The molecular formula is C16H19N3OS. The van der Waals surface area contributed by atoms with E-state index in [1.807, 2.05) is 44.2 Å². The Labute approximate surface area is 128 Å². The van der Waals surface area contributed by atoms with Crippen LogP contribution in [-0.4, -0.2) is 28.7 Å². The van der Waals surface area contributed by atoms with Crippen LogP contribution < -0.4 is 15.6 Å². The summed E-state index contributed by atoms with van der Waals surface area (Å²) in [6.45, 7) is 7.91. The summed E-state index contributed by atoms with van der Waals surface area (Å²) in [6.07, 6.45) is 0. The first-order chi connectivity index (χ1) is 9.99. The van der Waals surface area contributed by atoms with Gasteiger partial charge in [0.15, 0.2) is 5.16 Å². The number of rotatable bonds is 4. The lowest BCUT2D eigenvalue weighted by molar-refractivity contribution is -0.115. The van der Waals surface area contributed by atoms with Gasteiger partial charge in [-0.25, -0.2) is 4.98 Å². The predicted molar refractivity (Wildman–Crippen MR) is 88.7 cm³/mol. The van der Waals surface area contributed by atoms with Gasteiger partial charge >= 0.3 is 0 Å². The standard InChI is InChI=1S/C16H19N3OS/c1-11(2)15-12(3)17-16(18-15)21-10-14(20)19(4)13-8-6-5-7-9-13/h5-9H,3,10H2,1-2,4H3,(H,17,18). The molecule has 0 saturated heterocycles. The minimum atomic E-state index is 0.0342. The molecule has 1 heterocycles. The van der Waals surface area contributed by atoms with Crippen LogP contribution in [0.2, 0.25) is 0 Å². The van der Waals surface area contributed by atoms with Gasteiger partial charge in [0.2, 0.25) is 5.91 Å². The van der Waals surface area contributed by atoms with Crippen molar-refractivity contribution in [1.82, 2.24) is 9.97 Å². The van der Waals surface area contributed by atoms with Gasteiger partial charge in [0, 0.05) is 12.7 Å². The van der Waals surface area contributed by atoms with Crippen LogP contribution in [0.4, 0.5) is 5.69 Å². The number of anilines is 1. The second kappa shape index (κ2) is 6.63. The van der Waals surface area contributed by atoms with E-state index in [2.05, 4.69) is 16.5 Å². The van der Waals surface area contributed by atoms with Gasteiger partial charge in [-0.3, -0.25) is 4.79 Å². The third-order valence-corrected chi connectivity index (χ3v) is 3.94. The quantitative estimate of drug-likeness (QED) is 0.876. The van der Waals surface area contributed by atoms with Crippen molar-refractivity contribution in [3.8, 4) is 0 Å². The molecule has 0 aliphatic rings. The number of amides is 1. The highest BCUT2D eigenvalue weighted by atomic mass is 32.2. The molecule has 0 aliphatic heterocycles. The molecule has 0 atom stereocenters. The molecule has 1 aromatic carbocycles. The summed E-state index contributed by atoms with van der Waals surface area (Å²) in [7, 11) is 1.78. The largest absolute Gasteiger partial charge is 0.333 e. The zero-order valence-corrected chi connectivity index (χ0v) is 13.3. The average Bonchev–Trinajstić information content (AvgIpc) is 2.86. The monoisotopic (exact) mass is 301 g/mol. The van der Waals surface area contributed by atoms with Crippen LogP contribution in [0.15, 0.2) is 35.5 Å². The van der Waals surface area contributed by atoms with E-state index in [1.165, 1.54) is 11.8 Å². The zero-order chi connectivity index (χ0) is 15.4. The van der Waals surface area contributed by atoms with Crippen molar-refractivity contribution in [2.45, 2.75) is 19.0 Å². The molecule has 0 aliphatic carbocycles. The van der Waals surface area contributed by atoms with Gasteiger partial charge in [0.25, 0.3) is 0 Å². The lowest BCUT2D eigenvalue weighted by Gasteiger charge is -2.16. The molecule has 0 saturated carbocycles. The number of aromatic nitrogens is 2. The van der Waals surface area contributed by atoms with E-state index in [4.69, 9.17) is 0 Å². The van der Waals surface area contributed by atoms with Crippen LogP contribution in [0.3, 0.4) is 0 Å². The SMILES string of the molecule is C=c1[nH]c(SCC(=O)N(C)c2ccccc2)nc1=C(C)C. The molecule has 0 spiro atoms. The average molecular weight is 301 g/mol. The first-order valence-electron chi connectivity index (χ1n) is 6.66. The highest BCUT2D eigenvalue weighted by Crippen LogP contribution is 2.15. The highest BCUT2D eigenvalue weighted by Gasteiger charge is 2.12. The first kappa shape index (κ1) is 15.4. The second-order valence-electron chi connectivity index (χ2n) is 4.95. The van der Waals surface area contributed by atoms with Crippen LogP contribution in [0, 0.1) is 0 Å². The number of hydrogen-bond donors (Lipinski definition) is 1. The van der Waals surface area contributed by atoms with Crippen molar-refractivity contribution in [2.24, 2.45) is 0 Å². The summed E-state index contributed by atoms with van der Waals surface area (Å²) in [5.74, 6) is 0.368. The van der Waals surface area contributed by atoms with E-state index in [1.54, 1.807) is 11.9 Å². The molecule has 0 unspecified atom stereocenters. The fraction of sp³-hybridized carbons (Fsp3) is 0.250. The maximum absolute atomic E-state index is 12.2. The lowest BCUT2D eigenvalue weighted by atomic mass is 10.3. The maximum atomic E-state index is 12.2. The molecule has 2 aromatic rings. The van der Waals surface area contributed by atoms with Crippen LogP contribution in [0.25, 0.3) is 12.2 Å². The predicted octanol–water partition coefficient (Wildman–Crippen LogP) is 1.77. The number of nitrogens with zero attached hydrogens (tertiary/aromatic N) is 2. The molecule has 0 radical (unpaired) electrons. The number of benzene rings is 1. The number of aromatic amines is 1. The Morgan fingerprint density at radius 3 is 2.57 bits per heavy atom. The van der Waals surface area contributed by atoms with Crippen molar-refractivity contribution < 1.29 is 4.79 Å². The molecule has 1 aromatic heterocycles. The van der Waals surface area contributed by atoms with E-state index in [-0.39, 0.29) is 5.91 Å². The third-order valence-electron chi connectivity index (χ3n) is 3.08. The fourth-order valence-electron chi connectivity index (χ4n) is 1.89. The number of carbonyl (C=O) groups is 1. The van der Waals surface area contributed by atoms with Crippen molar-refractivity contribution in [2.75, 3.05) is 17.7 Å². The Hall–Kier alpha value is -2.01. The summed E-state index contributed by atoms with van der Waals surface area (Å²) >= 11 is 1.39. The van der Waals surface area contributed by atoms with Gasteiger partial charge in [0.05, 0.1) is 16.5 Å². The molecule has 1 amide bonds. The number of thioether (sulfide) groups is 1. The van der Waals surface area contributed by atoms with Crippen LogP contribution in [0.5, 0.6) is 0 Å². The van der Waals surface area contributed by atoms with Crippen molar-refractivity contribution in [1.29, 1.82) is 0 Å². The second-order valence-corrected chi connectivity index (χ2v) is 5.91. The topological polar surface area (TPSA) is 49.0 Å². The number of H-pyrrole nitrogens is 1. The fourth-order valence-corrected chi connectivity index (χ4v) is 2.69. The number of hydrogen-bond acceptors (Lipinski definition) is 3. The summed E-state index contributed by atoms with van der Waals surface area (Å²) in [4.78, 5) is 21.4. The van der Waals surface area contributed by atoms with Gasteiger partial charge in [0.1, 0.15) is 0 Å². The summed E-state index contributed by atoms with van der Waals surface area (Å²) in [6, 6.07) is 9.59. The van der Waals surface area contributed by atoms with Gasteiger partial charge in [-0.2, -0.15) is 0 Å².